The Morgan fingerprint density at radius 1 is 1.42 bits per heavy atom. The molecule has 1 aromatic carbocycles. The van der Waals surface area contributed by atoms with Gasteiger partial charge in [-0.2, -0.15) is 0 Å². The highest BCUT2D eigenvalue weighted by Crippen LogP contribution is 2.50. The Hall–Kier alpha value is -2.27. The summed E-state index contributed by atoms with van der Waals surface area (Å²) in [6.07, 6.45) is -2.95. The second kappa shape index (κ2) is 5.38. The number of nitrogens with zero attached hydrogens (tertiary/aromatic N) is 1. The van der Waals surface area contributed by atoms with Gasteiger partial charge in [-0.3, -0.25) is 10.1 Å². The molecule has 10 nitrogen and oxygen atoms in total. The maximum absolute atomic E-state index is 12.2. The van der Waals surface area contributed by atoms with Gasteiger partial charge in [0.25, 0.3) is 0 Å². The van der Waals surface area contributed by atoms with Gasteiger partial charge >= 0.3 is 5.97 Å². The van der Waals surface area contributed by atoms with Gasteiger partial charge in [-0.1, -0.05) is 12.1 Å². The largest absolute Gasteiger partial charge is 0.508 e. The maximum Gasteiger partial charge on any atom is 0.345 e. The van der Waals surface area contributed by atoms with Crippen LogP contribution in [0.3, 0.4) is 0 Å². The van der Waals surface area contributed by atoms with E-state index in [9.17, 15) is 35.3 Å². The van der Waals surface area contributed by atoms with Crippen molar-refractivity contribution in [2.24, 2.45) is 0 Å². The summed E-state index contributed by atoms with van der Waals surface area (Å²) in [6, 6.07) is 5.15. The standard InChI is InChI=1S/C14H15NO9/c16-8-3-1-2-7(4-8)9(5-15(21)22)13(19)12(18)24-11-10(17)6-23-14(11,13)20/h1-4,9-11,16-17,19-20H,5-6H2/t9?,10-,11+,13+,14-/m0/s1. The van der Waals surface area contributed by atoms with E-state index in [-0.39, 0.29) is 11.3 Å². The van der Waals surface area contributed by atoms with Crippen LogP contribution in [0.5, 0.6) is 5.75 Å². The number of phenolic OH excluding ortho intramolecular Hbond substituents is 1. The van der Waals surface area contributed by atoms with Crippen LogP contribution >= 0.6 is 0 Å². The highest BCUT2D eigenvalue weighted by atomic mass is 16.7. The lowest BCUT2D eigenvalue weighted by molar-refractivity contribution is -0.489. The molecule has 0 aromatic heterocycles. The number of phenols is 1. The third-order valence-electron chi connectivity index (χ3n) is 4.41. The molecular weight excluding hydrogens is 326 g/mol. The molecule has 1 aromatic rings. The lowest BCUT2D eigenvalue weighted by atomic mass is 9.76. The molecule has 1 unspecified atom stereocenters. The van der Waals surface area contributed by atoms with E-state index in [0.29, 0.717) is 0 Å². The number of aliphatic hydroxyl groups is 3. The maximum atomic E-state index is 12.2. The zero-order valence-corrected chi connectivity index (χ0v) is 12.2. The summed E-state index contributed by atoms with van der Waals surface area (Å²) in [6.45, 7) is -1.36. The van der Waals surface area contributed by atoms with E-state index in [1.54, 1.807) is 0 Å². The van der Waals surface area contributed by atoms with Crippen LogP contribution in [-0.2, 0) is 14.3 Å². The number of aromatic hydroxyl groups is 1. The van der Waals surface area contributed by atoms with Crippen LogP contribution in [0.25, 0.3) is 0 Å². The van der Waals surface area contributed by atoms with Crippen LogP contribution in [0.2, 0.25) is 0 Å². The molecule has 5 atom stereocenters. The number of carbonyl (C=O) groups is 1. The van der Waals surface area contributed by atoms with Crippen molar-refractivity contribution in [3.63, 3.8) is 0 Å². The second-order valence-corrected chi connectivity index (χ2v) is 5.83. The fourth-order valence-electron chi connectivity index (χ4n) is 3.24. The van der Waals surface area contributed by atoms with Gasteiger partial charge in [0.15, 0.2) is 6.10 Å². The Bertz CT molecular complexity index is 695. The van der Waals surface area contributed by atoms with Crippen LogP contribution in [-0.4, -0.2) is 68.1 Å². The minimum Gasteiger partial charge on any atom is -0.508 e. The zero-order chi connectivity index (χ0) is 17.7. The first-order valence-corrected chi connectivity index (χ1v) is 7.08. The second-order valence-electron chi connectivity index (χ2n) is 5.83. The summed E-state index contributed by atoms with van der Waals surface area (Å²) in [5.41, 5.74) is -2.79. The average Bonchev–Trinajstić information content (AvgIpc) is 2.91. The molecule has 2 heterocycles. The van der Waals surface area contributed by atoms with E-state index in [4.69, 9.17) is 9.47 Å². The molecule has 24 heavy (non-hydrogen) atoms. The summed E-state index contributed by atoms with van der Waals surface area (Å²) in [4.78, 5) is 22.5. The fraction of sp³-hybridized carbons (Fsp3) is 0.500. The molecule has 0 radical (unpaired) electrons. The van der Waals surface area contributed by atoms with Gasteiger partial charge < -0.3 is 29.9 Å². The summed E-state index contributed by atoms with van der Waals surface area (Å²) in [5.74, 6) is -5.81. The summed E-state index contributed by atoms with van der Waals surface area (Å²) in [7, 11) is 0. The van der Waals surface area contributed by atoms with Gasteiger partial charge in [-0.25, -0.2) is 4.79 Å². The number of hydrogen-bond acceptors (Lipinski definition) is 9. The molecular formula is C14H15NO9. The van der Waals surface area contributed by atoms with Gasteiger partial charge in [0.2, 0.25) is 17.9 Å². The van der Waals surface area contributed by atoms with Gasteiger partial charge in [-0.15, -0.1) is 0 Å². The predicted octanol–water partition coefficient (Wildman–Crippen LogP) is -1.51. The van der Waals surface area contributed by atoms with Crippen molar-refractivity contribution < 1.29 is 39.6 Å². The number of aliphatic hydroxyl groups excluding tert-OH is 1. The molecule has 2 fully saturated rings. The quantitative estimate of drug-likeness (QED) is 0.290. The van der Waals surface area contributed by atoms with Crippen molar-refractivity contribution in [1.29, 1.82) is 0 Å². The van der Waals surface area contributed by atoms with Gasteiger partial charge in [0, 0.05) is 4.92 Å². The SMILES string of the molecule is O=C1O[C@@H]2[C@@H](O)CO[C@]2(O)[C@@]1(O)C(C[N+](=O)[O-])c1cccc(O)c1. The van der Waals surface area contributed by atoms with Crippen molar-refractivity contribution in [1.82, 2.24) is 0 Å². The molecule has 130 valence electrons. The number of nitro groups is 1. The molecule has 0 aliphatic carbocycles. The van der Waals surface area contributed by atoms with Gasteiger partial charge in [-0.05, 0) is 17.7 Å². The van der Waals surface area contributed by atoms with E-state index >= 15 is 0 Å². The smallest absolute Gasteiger partial charge is 0.345 e. The Morgan fingerprint density at radius 3 is 2.75 bits per heavy atom. The molecule has 3 rings (SSSR count). The molecule has 0 saturated carbocycles. The number of ether oxygens (including phenoxy) is 2. The number of carbonyl (C=O) groups excluding carboxylic acids is 1. The van der Waals surface area contributed by atoms with Crippen LogP contribution in [0, 0.1) is 10.1 Å². The predicted molar refractivity (Wildman–Crippen MR) is 74.4 cm³/mol. The van der Waals surface area contributed by atoms with Crippen LogP contribution < -0.4 is 0 Å². The topological polar surface area (TPSA) is 160 Å². The molecule has 0 amide bonds. The van der Waals surface area contributed by atoms with Crippen molar-refractivity contribution >= 4 is 5.97 Å². The van der Waals surface area contributed by atoms with E-state index in [1.165, 1.54) is 18.2 Å². The van der Waals surface area contributed by atoms with Crippen molar-refractivity contribution in [2.45, 2.75) is 29.5 Å². The first kappa shape index (κ1) is 16.6. The number of fused-ring (bicyclic) bond motifs is 1. The number of rotatable bonds is 4. The molecule has 2 aliphatic rings. The zero-order valence-electron chi connectivity index (χ0n) is 12.2. The molecule has 2 aliphatic heterocycles. The summed E-state index contributed by atoms with van der Waals surface area (Å²) < 4.78 is 9.83. The highest BCUT2D eigenvalue weighted by Gasteiger charge is 2.76. The number of hydrogen-bond donors (Lipinski definition) is 4. The number of benzene rings is 1. The first-order valence-electron chi connectivity index (χ1n) is 7.08. The summed E-state index contributed by atoms with van der Waals surface area (Å²) >= 11 is 0. The molecule has 10 heteroatoms. The van der Waals surface area contributed by atoms with Gasteiger partial charge in [0.05, 0.1) is 12.5 Å². The van der Waals surface area contributed by atoms with E-state index < -0.39 is 53.6 Å². The third kappa shape index (κ3) is 2.15. The van der Waals surface area contributed by atoms with Crippen molar-refractivity contribution in [2.75, 3.05) is 13.2 Å². The minimum atomic E-state index is -2.82. The average molecular weight is 341 g/mol. The number of esters is 1. The molecule has 0 spiro atoms. The van der Waals surface area contributed by atoms with E-state index in [2.05, 4.69) is 0 Å². The molecule has 0 bridgehead atoms. The molecule has 2 saturated heterocycles. The first-order chi connectivity index (χ1) is 11.2. The highest BCUT2D eigenvalue weighted by molar-refractivity contribution is 5.85. The Labute approximate surface area is 135 Å². The monoisotopic (exact) mass is 341 g/mol. The van der Waals surface area contributed by atoms with Crippen LogP contribution in [0.15, 0.2) is 24.3 Å². The summed E-state index contributed by atoms with van der Waals surface area (Å²) in [5, 5.41) is 51.9. The van der Waals surface area contributed by atoms with Crippen LogP contribution in [0.1, 0.15) is 11.5 Å². The van der Waals surface area contributed by atoms with E-state index in [0.717, 1.165) is 6.07 Å². The Morgan fingerprint density at radius 2 is 2.12 bits per heavy atom. The fourth-order valence-corrected chi connectivity index (χ4v) is 3.24. The normalized spacial score (nSPS) is 36.2. The van der Waals surface area contributed by atoms with Crippen molar-refractivity contribution in [3.8, 4) is 5.75 Å². The third-order valence-corrected chi connectivity index (χ3v) is 4.41. The Kier molecular flexibility index (Phi) is 3.72. The minimum absolute atomic E-state index is 0.0326. The lowest BCUT2D eigenvalue weighted by Crippen LogP contribution is -2.62. The van der Waals surface area contributed by atoms with E-state index in [1.807, 2.05) is 0 Å². The van der Waals surface area contributed by atoms with Crippen LogP contribution in [0.4, 0.5) is 0 Å². The Balaban J connectivity index is 2.12. The lowest BCUT2D eigenvalue weighted by Gasteiger charge is -2.36. The molecule has 4 N–H and O–H groups in total. The van der Waals surface area contributed by atoms with Gasteiger partial charge in [0.1, 0.15) is 11.9 Å². The van der Waals surface area contributed by atoms with Crippen molar-refractivity contribution in [3.05, 3.63) is 39.9 Å².